The van der Waals surface area contributed by atoms with Crippen LogP contribution in [-0.4, -0.2) is 19.3 Å². The number of nitrogens with one attached hydrogen (secondary N) is 1. The van der Waals surface area contributed by atoms with Gasteiger partial charge in [-0.25, -0.2) is 4.39 Å². The normalized spacial score (nSPS) is 20.6. The molecule has 0 amide bonds. The molecule has 2 unspecified atom stereocenters. The maximum absolute atomic E-state index is 13.6. The highest BCUT2D eigenvalue weighted by Crippen LogP contribution is 2.17. The lowest BCUT2D eigenvalue weighted by Crippen LogP contribution is -2.33. The molecule has 4 heteroatoms. The maximum Gasteiger partial charge on any atom is 0.127 e. The van der Waals surface area contributed by atoms with E-state index in [4.69, 9.17) is 10.00 Å². The summed E-state index contributed by atoms with van der Waals surface area (Å²) in [5, 5.41) is 12.1. The van der Waals surface area contributed by atoms with Gasteiger partial charge in [0.25, 0.3) is 0 Å². The SMILES string of the molecule is CC(NCc1cc(C#N)ccc1F)C1CCOC1. The molecule has 1 aromatic carbocycles. The number of rotatable bonds is 4. The van der Waals surface area contributed by atoms with Gasteiger partial charge in [0.2, 0.25) is 0 Å². The molecule has 0 spiro atoms. The molecule has 0 bridgehead atoms. The fourth-order valence-corrected chi connectivity index (χ4v) is 2.16. The van der Waals surface area contributed by atoms with Crippen LogP contribution in [0.2, 0.25) is 0 Å². The van der Waals surface area contributed by atoms with Crippen molar-refractivity contribution in [1.29, 1.82) is 5.26 Å². The van der Waals surface area contributed by atoms with E-state index in [-0.39, 0.29) is 11.9 Å². The van der Waals surface area contributed by atoms with Crippen molar-refractivity contribution in [2.24, 2.45) is 5.92 Å². The second-order valence-corrected chi connectivity index (χ2v) is 4.71. The average molecular weight is 248 g/mol. The molecule has 1 heterocycles. The van der Waals surface area contributed by atoms with Crippen LogP contribution in [0.25, 0.3) is 0 Å². The number of nitriles is 1. The third kappa shape index (κ3) is 3.06. The molecule has 1 fully saturated rings. The fourth-order valence-electron chi connectivity index (χ4n) is 2.16. The van der Waals surface area contributed by atoms with Gasteiger partial charge in [0.05, 0.1) is 18.2 Å². The summed E-state index contributed by atoms with van der Waals surface area (Å²) in [6, 6.07) is 6.75. The van der Waals surface area contributed by atoms with Crippen LogP contribution >= 0.6 is 0 Å². The first-order valence-electron chi connectivity index (χ1n) is 6.20. The summed E-state index contributed by atoms with van der Waals surface area (Å²) in [6.45, 7) is 4.12. The molecule has 1 aromatic rings. The van der Waals surface area contributed by atoms with Crippen molar-refractivity contribution in [2.75, 3.05) is 13.2 Å². The third-order valence-corrected chi connectivity index (χ3v) is 3.46. The highest BCUT2D eigenvalue weighted by Gasteiger charge is 2.21. The van der Waals surface area contributed by atoms with Gasteiger partial charge >= 0.3 is 0 Å². The number of benzene rings is 1. The molecule has 2 rings (SSSR count). The molecular formula is C14H17FN2O. The number of nitrogens with zero attached hydrogens (tertiary/aromatic N) is 1. The maximum atomic E-state index is 13.6. The predicted molar refractivity (Wildman–Crippen MR) is 66.3 cm³/mol. The molecule has 1 N–H and O–H groups in total. The van der Waals surface area contributed by atoms with E-state index in [0.717, 1.165) is 19.6 Å². The first-order valence-corrected chi connectivity index (χ1v) is 6.20. The van der Waals surface area contributed by atoms with Crippen molar-refractivity contribution in [1.82, 2.24) is 5.32 Å². The Balaban J connectivity index is 1.95. The molecule has 0 aliphatic carbocycles. The second kappa shape index (κ2) is 5.94. The topological polar surface area (TPSA) is 45.0 Å². The largest absolute Gasteiger partial charge is 0.381 e. The smallest absolute Gasteiger partial charge is 0.127 e. The summed E-state index contributed by atoms with van der Waals surface area (Å²) >= 11 is 0. The van der Waals surface area contributed by atoms with Gasteiger partial charge in [-0.15, -0.1) is 0 Å². The quantitative estimate of drug-likeness (QED) is 0.888. The standard InChI is InChI=1S/C14H17FN2O/c1-10(12-4-5-18-9-12)17-8-13-6-11(7-16)2-3-14(13)15/h2-3,6,10,12,17H,4-5,8-9H2,1H3. The minimum atomic E-state index is -0.267. The zero-order valence-electron chi connectivity index (χ0n) is 10.4. The van der Waals surface area contributed by atoms with E-state index in [2.05, 4.69) is 12.2 Å². The van der Waals surface area contributed by atoms with Gasteiger partial charge in [0, 0.05) is 24.8 Å². The van der Waals surface area contributed by atoms with Crippen molar-refractivity contribution >= 4 is 0 Å². The molecular weight excluding hydrogens is 231 g/mol. The molecule has 1 saturated heterocycles. The fraction of sp³-hybridized carbons (Fsp3) is 0.500. The molecule has 96 valence electrons. The van der Waals surface area contributed by atoms with Crippen molar-refractivity contribution in [3.8, 4) is 6.07 Å². The van der Waals surface area contributed by atoms with Crippen LogP contribution in [0, 0.1) is 23.1 Å². The van der Waals surface area contributed by atoms with E-state index in [1.807, 2.05) is 6.07 Å². The minimum Gasteiger partial charge on any atom is -0.381 e. The summed E-state index contributed by atoms with van der Waals surface area (Å²) in [6.07, 6.45) is 1.05. The molecule has 0 radical (unpaired) electrons. The third-order valence-electron chi connectivity index (χ3n) is 3.46. The number of hydrogen-bond acceptors (Lipinski definition) is 3. The van der Waals surface area contributed by atoms with Crippen molar-refractivity contribution < 1.29 is 9.13 Å². The first kappa shape index (κ1) is 13.0. The number of hydrogen-bond donors (Lipinski definition) is 1. The van der Waals surface area contributed by atoms with E-state index in [1.165, 1.54) is 12.1 Å². The van der Waals surface area contributed by atoms with Crippen molar-refractivity contribution in [3.05, 3.63) is 35.1 Å². The van der Waals surface area contributed by atoms with Crippen LogP contribution in [0.4, 0.5) is 4.39 Å². The van der Waals surface area contributed by atoms with E-state index < -0.39 is 0 Å². The zero-order chi connectivity index (χ0) is 13.0. The number of halogens is 1. The molecule has 2 atom stereocenters. The lowest BCUT2D eigenvalue weighted by molar-refractivity contribution is 0.178. The highest BCUT2D eigenvalue weighted by atomic mass is 19.1. The van der Waals surface area contributed by atoms with Gasteiger partial charge < -0.3 is 10.1 Å². The van der Waals surface area contributed by atoms with E-state index >= 15 is 0 Å². The van der Waals surface area contributed by atoms with Gasteiger partial charge in [0.15, 0.2) is 0 Å². The van der Waals surface area contributed by atoms with Crippen LogP contribution in [-0.2, 0) is 11.3 Å². The summed E-state index contributed by atoms with van der Waals surface area (Å²) < 4.78 is 18.9. The second-order valence-electron chi connectivity index (χ2n) is 4.71. The lowest BCUT2D eigenvalue weighted by atomic mass is 10.0. The molecule has 0 aromatic heterocycles. The average Bonchev–Trinajstić information content (AvgIpc) is 2.91. The highest BCUT2D eigenvalue weighted by molar-refractivity contribution is 5.33. The van der Waals surface area contributed by atoms with Crippen LogP contribution < -0.4 is 5.32 Å². The Kier molecular flexibility index (Phi) is 4.29. The zero-order valence-corrected chi connectivity index (χ0v) is 10.4. The molecule has 1 aliphatic rings. The summed E-state index contributed by atoms with van der Waals surface area (Å²) in [5.41, 5.74) is 1.03. The Morgan fingerprint density at radius 3 is 3.11 bits per heavy atom. The molecule has 18 heavy (non-hydrogen) atoms. The van der Waals surface area contributed by atoms with Crippen LogP contribution in [0.5, 0.6) is 0 Å². The summed E-state index contributed by atoms with van der Waals surface area (Å²) in [7, 11) is 0. The Hall–Kier alpha value is -1.44. The van der Waals surface area contributed by atoms with Gasteiger partial charge in [-0.2, -0.15) is 5.26 Å². The monoisotopic (exact) mass is 248 g/mol. The van der Waals surface area contributed by atoms with Crippen LogP contribution in [0.15, 0.2) is 18.2 Å². The molecule has 0 saturated carbocycles. The van der Waals surface area contributed by atoms with Gasteiger partial charge in [-0.1, -0.05) is 0 Å². The first-order chi connectivity index (χ1) is 8.70. The minimum absolute atomic E-state index is 0.267. The van der Waals surface area contributed by atoms with Crippen molar-refractivity contribution in [3.63, 3.8) is 0 Å². The van der Waals surface area contributed by atoms with E-state index in [0.29, 0.717) is 23.6 Å². The predicted octanol–water partition coefficient (Wildman–Crippen LogP) is 2.21. The Bertz CT molecular complexity index is 450. The lowest BCUT2D eigenvalue weighted by Gasteiger charge is -2.19. The van der Waals surface area contributed by atoms with E-state index in [9.17, 15) is 4.39 Å². The van der Waals surface area contributed by atoms with Gasteiger partial charge in [-0.3, -0.25) is 0 Å². The summed E-state index contributed by atoms with van der Waals surface area (Å²) in [5.74, 6) is 0.226. The van der Waals surface area contributed by atoms with Crippen LogP contribution in [0.3, 0.4) is 0 Å². The van der Waals surface area contributed by atoms with Crippen LogP contribution in [0.1, 0.15) is 24.5 Å². The molecule has 3 nitrogen and oxygen atoms in total. The van der Waals surface area contributed by atoms with Gasteiger partial charge in [-0.05, 0) is 37.5 Å². The summed E-state index contributed by atoms with van der Waals surface area (Å²) in [4.78, 5) is 0. The van der Waals surface area contributed by atoms with E-state index in [1.54, 1.807) is 6.07 Å². The van der Waals surface area contributed by atoms with Gasteiger partial charge in [0.1, 0.15) is 5.82 Å². The Morgan fingerprint density at radius 1 is 1.61 bits per heavy atom. The Morgan fingerprint density at radius 2 is 2.44 bits per heavy atom. The Labute approximate surface area is 107 Å². The number of ether oxygens (including phenoxy) is 1. The molecule has 1 aliphatic heterocycles. The van der Waals surface area contributed by atoms with Crippen molar-refractivity contribution in [2.45, 2.75) is 25.9 Å².